The lowest BCUT2D eigenvalue weighted by molar-refractivity contribution is 0.853. The quantitative estimate of drug-likeness (QED) is 0.772. The van der Waals surface area contributed by atoms with Crippen LogP contribution >= 0.6 is 0 Å². The number of anilines is 2. The number of hydrogen-bond donors (Lipinski definition) is 2. The number of hydrogen-bond acceptors (Lipinski definition) is 3. The second kappa shape index (κ2) is 5.39. The van der Waals surface area contributed by atoms with E-state index in [2.05, 4.69) is 16.5 Å². The minimum atomic E-state index is -0.141. The molecule has 0 radical (unpaired) electrons. The fourth-order valence-electron chi connectivity index (χ4n) is 2.01. The Morgan fingerprint density at radius 1 is 1.05 bits per heavy atom. The summed E-state index contributed by atoms with van der Waals surface area (Å²) in [6.45, 7) is 0. The lowest BCUT2D eigenvalue weighted by Crippen LogP contribution is -2.12. The molecule has 0 spiro atoms. The average Bonchev–Trinajstić information content (AvgIpc) is 2.89. The van der Waals surface area contributed by atoms with E-state index in [1.807, 2.05) is 30.3 Å². The van der Waals surface area contributed by atoms with Crippen LogP contribution in [0.25, 0.3) is 5.69 Å². The van der Waals surface area contributed by atoms with Crippen LogP contribution in [0.15, 0.2) is 65.5 Å². The zero-order chi connectivity index (χ0) is 14.7. The van der Waals surface area contributed by atoms with Crippen LogP contribution in [-0.2, 0) is 0 Å². The molecule has 0 unspecified atom stereocenters. The summed E-state index contributed by atoms with van der Waals surface area (Å²) in [4.78, 5) is 12.0. The number of nitriles is 1. The van der Waals surface area contributed by atoms with Crippen LogP contribution in [0.1, 0.15) is 5.56 Å². The molecule has 2 N–H and O–H groups in total. The van der Waals surface area contributed by atoms with Gasteiger partial charge in [0.25, 0.3) is 5.56 Å². The van der Waals surface area contributed by atoms with Crippen molar-refractivity contribution in [3.8, 4) is 11.8 Å². The normalized spacial score (nSPS) is 10.0. The van der Waals surface area contributed by atoms with Gasteiger partial charge in [0.05, 0.1) is 17.3 Å². The highest BCUT2D eigenvalue weighted by molar-refractivity contribution is 5.57. The molecule has 0 saturated carbocycles. The Labute approximate surface area is 121 Å². The fraction of sp³-hybridized carbons (Fsp3) is 0. The Morgan fingerprint density at radius 3 is 2.43 bits per heavy atom. The maximum atomic E-state index is 12.0. The van der Waals surface area contributed by atoms with Gasteiger partial charge in [-0.2, -0.15) is 5.26 Å². The molecule has 1 aromatic heterocycles. The number of rotatable bonds is 3. The van der Waals surface area contributed by atoms with Gasteiger partial charge >= 0.3 is 0 Å². The van der Waals surface area contributed by atoms with Crippen molar-refractivity contribution in [2.75, 3.05) is 5.32 Å². The average molecular weight is 276 g/mol. The number of nitrogens with one attached hydrogen (secondary N) is 2. The van der Waals surface area contributed by atoms with Gasteiger partial charge in [-0.15, -0.1) is 0 Å². The van der Waals surface area contributed by atoms with E-state index >= 15 is 0 Å². The smallest absolute Gasteiger partial charge is 0.273 e. The molecular formula is C16H12N4O. The van der Waals surface area contributed by atoms with E-state index in [1.54, 1.807) is 24.3 Å². The molecule has 0 aliphatic heterocycles. The Kier molecular flexibility index (Phi) is 3.27. The van der Waals surface area contributed by atoms with Crippen LogP contribution in [0.4, 0.5) is 11.5 Å². The Bertz CT molecular complexity index is 838. The van der Waals surface area contributed by atoms with E-state index in [4.69, 9.17) is 5.26 Å². The summed E-state index contributed by atoms with van der Waals surface area (Å²) in [6, 6.07) is 19.9. The summed E-state index contributed by atoms with van der Waals surface area (Å²) < 4.78 is 1.46. The summed E-state index contributed by atoms with van der Waals surface area (Å²) in [5.74, 6) is 0.591. The molecule has 0 saturated heterocycles. The highest BCUT2D eigenvalue weighted by atomic mass is 16.1. The summed E-state index contributed by atoms with van der Waals surface area (Å²) >= 11 is 0. The monoisotopic (exact) mass is 276 g/mol. The molecule has 3 rings (SSSR count). The second-order valence-electron chi connectivity index (χ2n) is 4.49. The van der Waals surface area contributed by atoms with Crippen molar-refractivity contribution in [1.82, 2.24) is 9.78 Å². The maximum absolute atomic E-state index is 12.0. The molecule has 3 aromatic rings. The van der Waals surface area contributed by atoms with Crippen LogP contribution in [0.5, 0.6) is 0 Å². The van der Waals surface area contributed by atoms with Gasteiger partial charge in [0.2, 0.25) is 0 Å². The third-order valence-electron chi connectivity index (χ3n) is 3.03. The largest absolute Gasteiger partial charge is 0.341 e. The predicted molar refractivity (Wildman–Crippen MR) is 80.8 cm³/mol. The van der Waals surface area contributed by atoms with E-state index < -0.39 is 0 Å². The molecule has 5 heteroatoms. The first-order chi connectivity index (χ1) is 10.3. The SMILES string of the molecule is N#Cc1ccc(Nc2cc(=O)n(-c3ccccc3)[nH]2)cc1. The molecule has 0 amide bonds. The number of benzene rings is 2. The van der Waals surface area contributed by atoms with Gasteiger partial charge in [-0.3, -0.25) is 9.89 Å². The fourth-order valence-corrected chi connectivity index (χ4v) is 2.01. The molecular weight excluding hydrogens is 264 g/mol. The molecule has 1 heterocycles. The molecule has 0 atom stereocenters. The van der Waals surface area contributed by atoms with Crippen molar-refractivity contribution in [3.05, 3.63) is 76.6 Å². The maximum Gasteiger partial charge on any atom is 0.273 e. The van der Waals surface area contributed by atoms with Gasteiger partial charge in [0.15, 0.2) is 0 Å². The molecule has 0 bridgehead atoms. The molecule has 0 fully saturated rings. The van der Waals surface area contributed by atoms with Gasteiger partial charge in [-0.1, -0.05) is 18.2 Å². The predicted octanol–water partition coefficient (Wildman–Crippen LogP) is 2.78. The van der Waals surface area contributed by atoms with E-state index in [0.29, 0.717) is 11.4 Å². The standard InChI is InChI=1S/C16H12N4O/c17-11-12-6-8-13(9-7-12)18-15-10-16(21)20(19-15)14-4-2-1-3-5-14/h1-10,18-19H. The number of para-hydroxylation sites is 1. The van der Waals surface area contributed by atoms with Crippen molar-refractivity contribution in [2.45, 2.75) is 0 Å². The van der Waals surface area contributed by atoms with Crippen molar-refractivity contribution >= 4 is 11.5 Å². The summed E-state index contributed by atoms with van der Waals surface area (Å²) in [5, 5.41) is 14.9. The van der Waals surface area contributed by atoms with Crippen LogP contribution in [-0.4, -0.2) is 9.78 Å². The molecule has 102 valence electrons. The first-order valence-corrected chi connectivity index (χ1v) is 6.41. The second-order valence-corrected chi connectivity index (χ2v) is 4.49. The van der Waals surface area contributed by atoms with Crippen LogP contribution in [0.2, 0.25) is 0 Å². The van der Waals surface area contributed by atoms with Crippen molar-refractivity contribution < 1.29 is 0 Å². The molecule has 5 nitrogen and oxygen atoms in total. The third-order valence-corrected chi connectivity index (χ3v) is 3.03. The highest BCUT2D eigenvalue weighted by Crippen LogP contribution is 2.14. The van der Waals surface area contributed by atoms with Gasteiger partial charge in [-0.05, 0) is 36.4 Å². The highest BCUT2D eigenvalue weighted by Gasteiger charge is 2.04. The van der Waals surface area contributed by atoms with E-state index in [1.165, 1.54) is 10.7 Å². The summed E-state index contributed by atoms with van der Waals surface area (Å²) in [5.41, 5.74) is 2.03. The Morgan fingerprint density at radius 2 is 1.76 bits per heavy atom. The number of aromatic nitrogens is 2. The van der Waals surface area contributed by atoms with E-state index in [9.17, 15) is 4.79 Å². The minimum absolute atomic E-state index is 0.141. The summed E-state index contributed by atoms with van der Waals surface area (Å²) in [6.07, 6.45) is 0. The number of nitrogens with zero attached hydrogens (tertiary/aromatic N) is 2. The van der Waals surface area contributed by atoms with Gasteiger partial charge in [0.1, 0.15) is 5.82 Å². The molecule has 0 aliphatic rings. The zero-order valence-electron chi connectivity index (χ0n) is 11.1. The van der Waals surface area contributed by atoms with Crippen molar-refractivity contribution in [2.24, 2.45) is 0 Å². The minimum Gasteiger partial charge on any atom is -0.341 e. The topological polar surface area (TPSA) is 73.6 Å². The Balaban J connectivity index is 1.87. The van der Waals surface area contributed by atoms with E-state index in [0.717, 1.165) is 11.4 Å². The lowest BCUT2D eigenvalue weighted by atomic mass is 10.2. The van der Waals surface area contributed by atoms with Crippen LogP contribution in [0.3, 0.4) is 0 Å². The summed E-state index contributed by atoms with van der Waals surface area (Å²) in [7, 11) is 0. The molecule has 21 heavy (non-hydrogen) atoms. The first-order valence-electron chi connectivity index (χ1n) is 6.41. The van der Waals surface area contributed by atoms with Gasteiger partial charge in [-0.25, -0.2) is 4.68 Å². The van der Waals surface area contributed by atoms with Gasteiger partial charge in [0, 0.05) is 11.8 Å². The van der Waals surface area contributed by atoms with Crippen molar-refractivity contribution in [3.63, 3.8) is 0 Å². The number of aromatic amines is 1. The van der Waals surface area contributed by atoms with Crippen LogP contribution < -0.4 is 10.9 Å². The van der Waals surface area contributed by atoms with Gasteiger partial charge < -0.3 is 5.32 Å². The van der Waals surface area contributed by atoms with E-state index in [-0.39, 0.29) is 5.56 Å². The third kappa shape index (κ3) is 2.69. The van der Waals surface area contributed by atoms with Crippen molar-refractivity contribution in [1.29, 1.82) is 5.26 Å². The zero-order valence-corrected chi connectivity index (χ0v) is 11.1. The number of H-pyrrole nitrogens is 1. The Hall–Kier alpha value is -3.26. The lowest BCUT2D eigenvalue weighted by Gasteiger charge is -2.04. The first kappa shape index (κ1) is 12.8. The molecule has 0 aliphatic carbocycles. The molecule has 2 aromatic carbocycles. The van der Waals surface area contributed by atoms with Crippen LogP contribution in [0, 0.1) is 11.3 Å².